The second-order valence-corrected chi connectivity index (χ2v) is 4.84. The van der Waals surface area contributed by atoms with Gasteiger partial charge in [-0.15, -0.1) is 11.3 Å². The van der Waals surface area contributed by atoms with E-state index in [0.717, 1.165) is 30.2 Å². The van der Waals surface area contributed by atoms with E-state index in [1.807, 2.05) is 12.3 Å². The Hall–Kier alpha value is -0.940. The maximum Gasteiger partial charge on any atom is 0.217 e. The van der Waals surface area contributed by atoms with Crippen molar-refractivity contribution in [1.29, 1.82) is 0 Å². The highest BCUT2D eigenvalue weighted by molar-refractivity contribution is 7.09. The van der Waals surface area contributed by atoms with Crippen molar-refractivity contribution >= 4 is 17.2 Å². The van der Waals surface area contributed by atoms with E-state index in [-0.39, 0.29) is 11.4 Å². The Morgan fingerprint density at radius 3 is 3.00 bits per heavy atom. The lowest BCUT2D eigenvalue weighted by Gasteiger charge is -2.26. The van der Waals surface area contributed by atoms with Crippen LogP contribution >= 0.6 is 11.3 Å². The van der Waals surface area contributed by atoms with E-state index < -0.39 is 0 Å². The van der Waals surface area contributed by atoms with E-state index in [4.69, 9.17) is 0 Å². The predicted octanol–water partition coefficient (Wildman–Crippen LogP) is 0.776. The van der Waals surface area contributed by atoms with Gasteiger partial charge in [-0.05, 0) is 19.9 Å². The minimum Gasteiger partial charge on any atom is -0.343 e. The lowest BCUT2D eigenvalue weighted by Crippen LogP contribution is -2.46. The fourth-order valence-corrected chi connectivity index (χ4v) is 2.93. The van der Waals surface area contributed by atoms with Crippen LogP contribution in [0.25, 0.3) is 0 Å². The molecule has 1 aromatic rings. The van der Waals surface area contributed by atoms with Crippen LogP contribution in [0.3, 0.4) is 0 Å². The molecule has 2 heterocycles. The van der Waals surface area contributed by atoms with E-state index in [0.29, 0.717) is 0 Å². The van der Waals surface area contributed by atoms with Crippen LogP contribution in [0, 0.1) is 6.92 Å². The fourth-order valence-electron chi connectivity index (χ4n) is 1.95. The largest absolute Gasteiger partial charge is 0.343 e. The molecule has 0 bridgehead atoms. The quantitative estimate of drug-likeness (QED) is 0.782. The number of carbonyl (C=O) groups is 1. The molecule has 82 valence electrons. The number of aromatic nitrogens is 1. The van der Waals surface area contributed by atoms with Gasteiger partial charge in [0, 0.05) is 24.5 Å². The molecule has 0 saturated carbocycles. The molecule has 0 unspecified atom stereocenters. The number of thiazole rings is 1. The molecule has 0 spiro atoms. The van der Waals surface area contributed by atoms with Crippen LogP contribution in [0.1, 0.15) is 24.0 Å². The maximum absolute atomic E-state index is 11.2. The van der Waals surface area contributed by atoms with Crippen molar-refractivity contribution in [3.05, 3.63) is 16.1 Å². The van der Waals surface area contributed by atoms with Gasteiger partial charge in [0.15, 0.2) is 0 Å². The van der Waals surface area contributed by atoms with Gasteiger partial charge >= 0.3 is 0 Å². The van der Waals surface area contributed by atoms with E-state index in [1.54, 1.807) is 18.3 Å². The first-order valence-electron chi connectivity index (χ1n) is 5.04. The molecule has 1 atom stereocenters. The van der Waals surface area contributed by atoms with Gasteiger partial charge in [0.2, 0.25) is 5.91 Å². The summed E-state index contributed by atoms with van der Waals surface area (Å²) in [6.07, 6.45) is 0.916. The number of nitrogens with one attached hydrogen (secondary N) is 2. The van der Waals surface area contributed by atoms with Crippen molar-refractivity contribution in [3.8, 4) is 0 Å². The average molecular weight is 225 g/mol. The summed E-state index contributed by atoms with van der Waals surface area (Å²) in [5, 5.41) is 9.35. The van der Waals surface area contributed by atoms with Gasteiger partial charge in [0.05, 0.1) is 0 Å². The summed E-state index contributed by atoms with van der Waals surface area (Å²) in [5.74, 6) is 0.00607. The van der Waals surface area contributed by atoms with Crippen molar-refractivity contribution in [3.63, 3.8) is 0 Å². The third-order valence-electron chi connectivity index (χ3n) is 2.60. The standard InChI is InChI=1S/C10H15N3OS/c1-7-5-15-9(12-7)10(13-8(2)14)3-4-11-6-10/h5,11H,3-4,6H2,1-2H3,(H,13,14)/t10-/m0/s1. The fraction of sp³-hybridized carbons (Fsp3) is 0.600. The molecule has 0 aromatic carbocycles. The predicted molar refractivity (Wildman–Crippen MR) is 59.8 cm³/mol. The highest BCUT2D eigenvalue weighted by Gasteiger charge is 2.38. The molecule has 1 aromatic heterocycles. The average Bonchev–Trinajstić information content (AvgIpc) is 2.73. The molecule has 5 heteroatoms. The molecule has 0 radical (unpaired) electrons. The van der Waals surface area contributed by atoms with Gasteiger partial charge in [-0.25, -0.2) is 4.98 Å². The third kappa shape index (κ3) is 2.03. The van der Waals surface area contributed by atoms with Crippen LogP contribution in [0.5, 0.6) is 0 Å². The summed E-state index contributed by atoms with van der Waals surface area (Å²) in [7, 11) is 0. The minimum absolute atomic E-state index is 0.00607. The van der Waals surface area contributed by atoms with Gasteiger partial charge in [-0.1, -0.05) is 0 Å². The Morgan fingerprint density at radius 2 is 2.53 bits per heavy atom. The second kappa shape index (κ2) is 3.90. The number of hydrogen-bond donors (Lipinski definition) is 2. The zero-order chi connectivity index (χ0) is 10.9. The van der Waals surface area contributed by atoms with E-state index in [9.17, 15) is 4.79 Å². The van der Waals surface area contributed by atoms with Crippen molar-refractivity contribution in [2.24, 2.45) is 0 Å². The molecular weight excluding hydrogens is 210 g/mol. The van der Waals surface area contributed by atoms with Gasteiger partial charge in [-0.2, -0.15) is 0 Å². The molecule has 2 rings (SSSR count). The van der Waals surface area contributed by atoms with Gasteiger partial charge < -0.3 is 10.6 Å². The Labute approximate surface area is 93.1 Å². The zero-order valence-electron chi connectivity index (χ0n) is 8.96. The smallest absolute Gasteiger partial charge is 0.217 e. The molecule has 1 amide bonds. The molecule has 1 fully saturated rings. The van der Waals surface area contributed by atoms with Crippen LogP contribution in [-0.4, -0.2) is 24.0 Å². The number of rotatable bonds is 2. The normalized spacial score (nSPS) is 25.5. The van der Waals surface area contributed by atoms with E-state index in [1.165, 1.54) is 0 Å². The van der Waals surface area contributed by atoms with Crippen molar-refractivity contribution in [1.82, 2.24) is 15.6 Å². The summed E-state index contributed by atoms with van der Waals surface area (Å²) in [6.45, 7) is 5.24. The van der Waals surface area contributed by atoms with Crippen molar-refractivity contribution < 1.29 is 4.79 Å². The van der Waals surface area contributed by atoms with Gasteiger partial charge in [-0.3, -0.25) is 4.79 Å². The Balaban J connectivity index is 2.29. The topological polar surface area (TPSA) is 54.0 Å². The summed E-state index contributed by atoms with van der Waals surface area (Å²) in [4.78, 5) is 15.7. The number of aryl methyl sites for hydroxylation is 1. The molecule has 4 nitrogen and oxygen atoms in total. The molecule has 1 aliphatic heterocycles. The van der Waals surface area contributed by atoms with Crippen LogP contribution in [0.4, 0.5) is 0 Å². The van der Waals surface area contributed by atoms with Crippen LogP contribution in [0.2, 0.25) is 0 Å². The Morgan fingerprint density at radius 1 is 1.73 bits per heavy atom. The summed E-state index contributed by atoms with van der Waals surface area (Å²) in [5.41, 5.74) is 0.747. The molecule has 1 saturated heterocycles. The van der Waals surface area contributed by atoms with Crippen LogP contribution in [-0.2, 0) is 10.3 Å². The second-order valence-electron chi connectivity index (χ2n) is 3.98. The highest BCUT2D eigenvalue weighted by Crippen LogP contribution is 2.30. The lowest BCUT2D eigenvalue weighted by molar-refractivity contribution is -0.120. The van der Waals surface area contributed by atoms with Crippen molar-refractivity contribution in [2.45, 2.75) is 25.8 Å². The Bertz CT molecular complexity index is 368. The van der Waals surface area contributed by atoms with E-state index >= 15 is 0 Å². The molecule has 2 N–H and O–H groups in total. The maximum atomic E-state index is 11.2. The molecular formula is C10H15N3OS. The summed E-state index contributed by atoms with van der Waals surface area (Å²) < 4.78 is 0. The number of carbonyl (C=O) groups excluding carboxylic acids is 1. The third-order valence-corrected chi connectivity index (χ3v) is 3.76. The number of nitrogens with zero attached hydrogens (tertiary/aromatic N) is 1. The van der Waals surface area contributed by atoms with E-state index in [2.05, 4.69) is 15.6 Å². The first kappa shape index (κ1) is 10.6. The van der Waals surface area contributed by atoms with Crippen LogP contribution < -0.4 is 10.6 Å². The summed E-state index contributed by atoms with van der Waals surface area (Å²) >= 11 is 1.62. The zero-order valence-corrected chi connectivity index (χ0v) is 9.78. The Kier molecular flexibility index (Phi) is 2.75. The number of hydrogen-bond acceptors (Lipinski definition) is 4. The minimum atomic E-state index is -0.273. The first-order valence-corrected chi connectivity index (χ1v) is 5.92. The molecule has 0 aliphatic carbocycles. The highest BCUT2D eigenvalue weighted by atomic mass is 32.1. The SMILES string of the molecule is CC(=O)N[C@@]1(c2nc(C)cs2)CCNC1. The van der Waals surface area contributed by atoms with Gasteiger partial charge in [0.25, 0.3) is 0 Å². The molecule has 1 aliphatic rings. The first-order chi connectivity index (χ1) is 7.12. The lowest BCUT2D eigenvalue weighted by atomic mass is 9.99. The number of amides is 1. The molecule has 15 heavy (non-hydrogen) atoms. The van der Waals surface area contributed by atoms with Crippen LogP contribution in [0.15, 0.2) is 5.38 Å². The summed E-state index contributed by atoms with van der Waals surface area (Å²) in [6, 6.07) is 0. The van der Waals surface area contributed by atoms with Gasteiger partial charge in [0.1, 0.15) is 10.5 Å². The monoisotopic (exact) mass is 225 g/mol. The van der Waals surface area contributed by atoms with Crippen molar-refractivity contribution in [2.75, 3.05) is 13.1 Å².